The molecule has 1 aromatic heterocycles. The molecule has 1 fully saturated rings. The highest BCUT2D eigenvalue weighted by molar-refractivity contribution is 5.92. The molecule has 0 aliphatic carbocycles. The lowest BCUT2D eigenvalue weighted by Gasteiger charge is -2.33. The summed E-state index contributed by atoms with van der Waals surface area (Å²) in [6, 6.07) is 8.95. The predicted octanol–water partition coefficient (Wildman–Crippen LogP) is 1.48. The maximum Gasteiger partial charge on any atom is 0.0598 e. The minimum Gasteiger partial charge on any atom is -0.382 e. The third-order valence-corrected chi connectivity index (χ3v) is 3.76. The number of nitrogens with zero attached hydrogens (tertiary/aromatic N) is 1. The molecule has 1 atom stereocenters. The smallest absolute Gasteiger partial charge is 0.0598 e. The molecular weight excluding hydrogens is 224 g/mol. The highest BCUT2D eigenvalue weighted by Gasteiger charge is 2.18. The summed E-state index contributed by atoms with van der Waals surface area (Å²) in [5, 5.41) is 8.27. The zero-order valence-corrected chi connectivity index (χ0v) is 10.7. The first kappa shape index (κ1) is 11.6. The number of fused-ring (bicyclic) bond motifs is 1. The van der Waals surface area contributed by atoms with Gasteiger partial charge in [-0.05, 0) is 13.1 Å². The van der Waals surface area contributed by atoms with Gasteiger partial charge in [0.25, 0.3) is 0 Å². The van der Waals surface area contributed by atoms with Gasteiger partial charge >= 0.3 is 0 Å². The van der Waals surface area contributed by atoms with E-state index in [4.69, 9.17) is 0 Å². The summed E-state index contributed by atoms with van der Waals surface area (Å²) in [6.07, 6.45) is 2.06. The molecular formula is C14H20N4. The molecule has 2 aromatic rings. The Labute approximate surface area is 107 Å². The number of para-hydroxylation sites is 1. The molecule has 1 saturated heterocycles. The van der Waals surface area contributed by atoms with Gasteiger partial charge in [0, 0.05) is 49.3 Å². The number of hydrogen-bond donors (Lipinski definition) is 3. The van der Waals surface area contributed by atoms with Crippen LogP contribution in [-0.4, -0.2) is 49.2 Å². The Morgan fingerprint density at radius 3 is 3.17 bits per heavy atom. The summed E-state index contributed by atoms with van der Waals surface area (Å²) in [5.74, 6) is 0. The van der Waals surface area contributed by atoms with E-state index in [9.17, 15) is 0 Å². The van der Waals surface area contributed by atoms with Crippen LogP contribution in [0.1, 0.15) is 0 Å². The standard InChI is InChI=1S/C14H20N4/c1-18-7-6-15-8-11(18)9-16-14-10-17-13-5-3-2-4-12(13)14/h2-5,10-11,15-17H,6-9H2,1H3. The van der Waals surface area contributed by atoms with Crippen molar-refractivity contribution in [3.63, 3.8) is 0 Å². The van der Waals surface area contributed by atoms with Crippen molar-refractivity contribution >= 4 is 16.6 Å². The van der Waals surface area contributed by atoms with Gasteiger partial charge in [0.1, 0.15) is 0 Å². The number of benzene rings is 1. The highest BCUT2D eigenvalue weighted by atomic mass is 15.2. The molecule has 1 unspecified atom stereocenters. The molecule has 1 aromatic carbocycles. The maximum absolute atomic E-state index is 3.55. The molecule has 4 heteroatoms. The van der Waals surface area contributed by atoms with E-state index < -0.39 is 0 Å². The second-order valence-electron chi connectivity index (χ2n) is 4.97. The van der Waals surface area contributed by atoms with Crippen LogP contribution in [-0.2, 0) is 0 Å². The number of likely N-dealkylation sites (N-methyl/N-ethyl adjacent to an activating group) is 1. The first-order valence-corrected chi connectivity index (χ1v) is 6.55. The van der Waals surface area contributed by atoms with E-state index in [-0.39, 0.29) is 0 Å². The Balaban J connectivity index is 1.69. The molecule has 3 rings (SSSR count). The number of H-pyrrole nitrogens is 1. The van der Waals surface area contributed by atoms with Gasteiger partial charge in [-0.2, -0.15) is 0 Å². The van der Waals surface area contributed by atoms with Crippen molar-refractivity contribution in [2.45, 2.75) is 6.04 Å². The second kappa shape index (κ2) is 5.00. The molecule has 0 bridgehead atoms. The zero-order chi connectivity index (χ0) is 12.4. The largest absolute Gasteiger partial charge is 0.382 e. The van der Waals surface area contributed by atoms with E-state index in [1.54, 1.807) is 0 Å². The van der Waals surface area contributed by atoms with Crippen molar-refractivity contribution < 1.29 is 0 Å². The third kappa shape index (κ3) is 2.21. The van der Waals surface area contributed by atoms with E-state index in [0.29, 0.717) is 6.04 Å². The number of piperazine rings is 1. The van der Waals surface area contributed by atoms with Crippen LogP contribution in [0.15, 0.2) is 30.5 Å². The van der Waals surface area contributed by atoms with Gasteiger partial charge in [-0.15, -0.1) is 0 Å². The molecule has 3 N–H and O–H groups in total. The Morgan fingerprint density at radius 1 is 1.39 bits per heavy atom. The molecule has 0 spiro atoms. The lowest BCUT2D eigenvalue weighted by atomic mass is 10.2. The van der Waals surface area contributed by atoms with Gasteiger partial charge in [0.05, 0.1) is 5.69 Å². The van der Waals surface area contributed by atoms with Crippen molar-refractivity contribution in [3.8, 4) is 0 Å². The van der Waals surface area contributed by atoms with Gasteiger partial charge in [0.2, 0.25) is 0 Å². The van der Waals surface area contributed by atoms with E-state index in [1.165, 1.54) is 16.6 Å². The summed E-state index contributed by atoms with van der Waals surface area (Å²) in [4.78, 5) is 5.71. The topological polar surface area (TPSA) is 43.1 Å². The van der Waals surface area contributed by atoms with Crippen LogP contribution in [0.2, 0.25) is 0 Å². The first-order chi connectivity index (χ1) is 8.84. The second-order valence-corrected chi connectivity index (χ2v) is 4.97. The van der Waals surface area contributed by atoms with Crippen molar-refractivity contribution in [2.75, 3.05) is 38.5 Å². The first-order valence-electron chi connectivity index (χ1n) is 6.55. The van der Waals surface area contributed by atoms with Crippen LogP contribution in [0, 0.1) is 0 Å². The van der Waals surface area contributed by atoms with Crippen molar-refractivity contribution in [2.24, 2.45) is 0 Å². The van der Waals surface area contributed by atoms with Gasteiger partial charge in [-0.1, -0.05) is 18.2 Å². The van der Waals surface area contributed by atoms with Crippen LogP contribution in [0.5, 0.6) is 0 Å². The Kier molecular flexibility index (Phi) is 3.21. The minimum atomic E-state index is 0.562. The quantitative estimate of drug-likeness (QED) is 0.766. The van der Waals surface area contributed by atoms with Crippen molar-refractivity contribution in [1.29, 1.82) is 0 Å². The highest BCUT2D eigenvalue weighted by Crippen LogP contribution is 2.22. The fourth-order valence-electron chi connectivity index (χ4n) is 2.54. The lowest BCUT2D eigenvalue weighted by molar-refractivity contribution is 0.209. The SMILES string of the molecule is CN1CCNCC1CNc1c[nH]c2ccccc12. The summed E-state index contributed by atoms with van der Waals surface area (Å²) in [7, 11) is 2.20. The Morgan fingerprint density at radius 2 is 2.28 bits per heavy atom. The summed E-state index contributed by atoms with van der Waals surface area (Å²) >= 11 is 0. The number of rotatable bonds is 3. The summed E-state index contributed by atoms with van der Waals surface area (Å²) in [5.41, 5.74) is 2.39. The fourth-order valence-corrected chi connectivity index (χ4v) is 2.54. The van der Waals surface area contributed by atoms with Gasteiger partial charge in [0.15, 0.2) is 0 Å². The van der Waals surface area contributed by atoms with Crippen LogP contribution in [0.25, 0.3) is 10.9 Å². The molecule has 4 nitrogen and oxygen atoms in total. The maximum atomic E-state index is 3.55. The lowest BCUT2D eigenvalue weighted by Crippen LogP contribution is -2.52. The third-order valence-electron chi connectivity index (χ3n) is 3.76. The van der Waals surface area contributed by atoms with Crippen LogP contribution in [0.3, 0.4) is 0 Å². The number of anilines is 1. The predicted molar refractivity (Wildman–Crippen MR) is 76.1 cm³/mol. The van der Waals surface area contributed by atoms with Crippen molar-refractivity contribution in [1.82, 2.24) is 15.2 Å². The monoisotopic (exact) mass is 244 g/mol. The molecule has 0 amide bonds. The Hall–Kier alpha value is -1.52. The molecule has 1 aliphatic rings. The molecule has 0 saturated carbocycles. The fraction of sp³-hybridized carbons (Fsp3) is 0.429. The molecule has 18 heavy (non-hydrogen) atoms. The Bertz CT molecular complexity index is 519. The van der Waals surface area contributed by atoms with E-state index >= 15 is 0 Å². The van der Waals surface area contributed by atoms with Gasteiger partial charge in [-0.3, -0.25) is 4.90 Å². The van der Waals surface area contributed by atoms with Gasteiger partial charge < -0.3 is 15.6 Å². The molecule has 0 radical (unpaired) electrons. The molecule has 2 heterocycles. The average Bonchev–Trinajstić information content (AvgIpc) is 2.81. The normalized spacial score (nSPS) is 21.3. The zero-order valence-electron chi connectivity index (χ0n) is 10.7. The minimum absolute atomic E-state index is 0.562. The summed E-state index contributed by atoms with van der Waals surface area (Å²) < 4.78 is 0. The van der Waals surface area contributed by atoms with E-state index in [2.05, 4.69) is 58.0 Å². The number of nitrogens with one attached hydrogen (secondary N) is 3. The van der Waals surface area contributed by atoms with Gasteiger partial charge in [-0.25, -0.2) is 0 Å². The summed E-state index contributed by atoms with van der Waals surface area (Å²) in [6.45, 7) is 4.26. The number of aromatic nitrogens is 1. The molecule has 1 aliphatic heterocycles. The van der Waals surface area contributed by atoms with Crippen LogP contribution in [0.4, 0.5) is 5.69 Å². The average molecular weight is 244 g/mol. The van der Waals surface area contributed by atoms with Crippen molar-refractivity contribution in [3.05, 3.63) is 30.5 Å². The van der Waals surface area contributed by atoms with Crippen LogP contribution >= 0.6 is 0 Å². The number of aromatic amines is 1. The molecule has 96 valence electrons. The van der Waals surface area contributed by atoms with Crippen LogP contribution < -0.4 is 10.6 Å². The van der Waals surface area contributed by atoms with E-state index in [0.717, 1.165) is 26.2 Å². The van der Waals surface area contributed by atoms with E-state index in [1.807, 2.05) is 0 Å². The number of hydrogen-bond acceptors (Lipinski definition) is 3.